The van der Waals surface area contributed by atoms with E-state index in [9.17, 15) is 0 Å². The minimum Gasteiger partial charge on any atom is -0.346 e. The van der Waals surface area contributed by atoms with Gasteiger partial charge in [0, 0.05) is 30.1 Å². The Bertz CT molecular complexity index is 382. The molecule has 0 radical (unpaired) electrons. The molecule has 2 rings (SSSR count). The van der Waals surface area contributed by atoms with Gasteiger partial charge in [0.25, 0.3) is 0 Å². The maximum Gasteiger partial charge on any atom is 0.186 e. The van der Waals surface area contributed by atoms with Gasteiger partial charge < -0.3 is 10.2 Å². The molecule has 1 saturated carbocycles. The molecule has 1 aromatic rings. The summed E-state index contributed by atoms with van der Waals surface area (Å²) >= 11 is 1.86. The Morgan fingerprint density at radius 1 is 1.44 bits per heavy atom. The summed E-state index contributed by atoms with van der Waals surface area (Å²) in [5.74, 6) is 0. The minimum atomic E-state index is 0.528. The van der Waals surface area contributed by atoms with Crippen LogP contribution in [0.4, 0.5) is 5.13 Å². The number of nitrogens with zero attached hydrogens (tertiary/aromatic N) is 2. The van der Waals surface area contributed by atoms with E-state index in [1.807, 2.05) is 11.3 Å². The monoisotopic (exact) mass is 267 g/mol. The van der Waals surface area contributed by atoms with E-state index in [2.05, 4.69) is 37.9 Å². The fourth-order valence-corrected chi connectivity index (χ4v) is 3.21. The van der Waals surface area contributed by atoms with Crippen LogP contribution in [-0.2, 0) is 6.54 Å². The van der Waals surface area contributed by atoms with Crippen LogP contribution in [0.5, 0.6) is 0 Å². The Labute approximate surface area is 115 Å². The van der Waals surface area contributed by atoms with E-state index in [0.717, 1.165) is 19.1 Å². The van der Waals surface area contributed by atoms with Gasteiger partial charge in [-0.3, -0.25) is 0 Å². The first-order valence-corrected chi connectivity index (χ1v) is 7.89. The lowest BCUT2D eigenvalue weighted by Gasteiger charge is -2.25. The maximum atomic E-state index is 4.75. The molecule has 1 fully saturated rings. The fourth-order valence-electron chi connectivity index (χ4n) is 2.04. The van der Waals surface area contributed by atoms with Gasteiger partial charge in [-0.25, -0.2) is 4.98 Å². The third kappa shape index (κ3) is 3.45. The zero-order chi connectivity index (χ0) is 13.1. The first kappa shape index (κ1) is 13.8. The average Bonchev–Trinajstić information content (AvgIpc) is 3.07. The number of thiazole rings is 1. The zero-order valence-corrected chi connectivity index (χ0v) is 12.8. The Morgan fingerprint density at radius 2 is 2.17 bits per heavy atom. The van der Waals surface area contributed by atoms with Crippen molar-refractivity contribution in [2.75, 3.05) is 11.4 Å². The van der Waals surface area contributed by atoms with Gasteiger partial charge in [0.05, 0.1) is 5.69 Å². The molecule has 0 aliphatic heterocycles. The average molecular weight is 267 g/mol. The molecular formula is C14H25N3S. The van der Waals surface area contributed by atoms with Gasteiger partial charge in [-0.1, -0.05) is 6.92 Å². The number of hydrogen-bond acceptors (Lipinski definition) is 4. The van der Waals surface area contributed by atoms with Crippen LogP contribution >= 0.6 is 11.3 Å². The molecular weight excluding hydrogens is 242 g/mol. The lowest BCUT2D eigenvalue weighted by Crippen LogP contribution is -2.31. The van der Waals surface area contributed by atoms with Crippen molar-refractivity contribution >= 4 is 16.5 Å². The van der Waals surface area contributed by atoms with Gasteiger partial charge in [-0.15, -0.1) is 11.3 Å². The Morgan fingerprint density at radius 3 is 2.72 bits per heavy atom. The van der Waals surface area contributed by atoms with E-state index < -0.39 is 0 Å². The molecule has 0 amide bonds. The van der Waals surface area contributed by atoms with Gasteiger partial charge >= 0.3 is 0 Å². The molecule has 0 unspecified atom stereocenters. The van der Waals surface area contributed by atoms with Crippen LogP contribution in [0, 0.1) is 6.92 Å². The summed E-state index contributed by atoms with van der Waals surface area (Å²) < 4.78 is 0. The standard InChI is InChI=1S/C14H25N3S/c1-5-8-17(10(2)3)14-16-11(4)13(18-14)9-15-12-6-7-12/h10,12,15H,5-9H2,1-4H3. The van der Waals surface area contributed by atoms with Crippen LogP contribution in [0.15, 0.2) is 0 Å². The summed E-state index contributed by atoms with van der Waals surface area (Å²) in [7, 11) is 0. The van der Waals surface area contributed by atoms with Crippen LogP contribution < -0.4 is 10.2 Å². The SMILES string of the molecule is CCCN(c1nc(C)c(CNC2CC2)s1)C(C)C. The molecule has 18 heavy (non-hydrogen) atoms. The summed E-state index contributed by atoms with van der Waals surface area (Å²) in [6.07, 6.45) is 3.86. The lowest BCUT2D eigenvalue weighted by atomic mass is 10.3. The first-order valence-electron chi connectivity index (χ1n) is 7.08. The van der Waals surface area contributed by atoms with E-state index in [1.165, 1.54) is 35.0 Å². The summed E-state index contributed by atoms with van der Waals surface area (Å²) in [6, 6.07) is 1.30. The Hall–Kier alpha value is -0.610. The second kappa shape index (κ2) is 6.02. The van der Waals surface area contributed by atoms with Crippen LogP contribution in [0.3, 0.4) is 0 Å². The molecule has 3 nitrogen and oxygen atoms in total. The molecule has 102 valence electrons. The smallest absolute Gasteiger partial charge is 0.186 e. The lowest BCUT2D eigenvalue weighted by molar-refractivity contribution is 0.668. The highest BCUT2D eigenvalue weighted by molar-refractivity contribution is 7.15. The van der Waals surface area contributed by atoms with Crippen LogP contribution in [0.1, 0.15) is 50.6 Å². The van der Waals surface area contributed by atoms with Gasteiger partial charge in [0.1, 0.15) is 0 Å². The Kier molecular flexibility index (Phi) is 4.62. The number of hydrogen-bond donors (Lipinski definition) is 1. The third-order valence-corrected chi connectivity index (χ3v) is 4.54. The van der Waals surface area contributed by atoms with Crippen molar-refractivity contribution in [2.45, 2.75) is 65.6 Å². The zero-order valence-electron chi connectivity index (χ0n) is 12.0. The molecule has 0 bridgehead atoms. The number of rotatable bonds is 7. The number of aromatic nitrogens is 1. The van der Waals surface area contributed by atoms with Crippen LogP contribution in [0.25, 0.3) is 0 Å². The minimum absolute atomic E-state index is 0.528. The van der Waals surface area contributed by atoms with Crippen molar-refractivity contribution in [3.63, 3.8) is 0 Å². The normalized spacial score (nSPS) is 15.4. The van der Waals surface area contributed by atoms with Crippen molar-refractivity contribution in [1.82, 2.24) is 10.3 Å². The summed E-state index contributed by atoms with van der Waals surface area (Å²) in [6.45, 7) is 10.9. The van der Waals surface area contributed by atoms with E-state index in [0.29, 0.717) is 6.04 Å². The van der Waals surface area contributed by atoms with E-state index in [4.69, 9.17) is 4.98 Å². The topological polar surface area (TPSA) is 28.2 Å². The molecule has 1 aromatic heterocycles. The second-order valence-electron chi connectivity index (χ2n) is 5.45. The number of aryl methyl sites for hydroxylation is 1. The maximum absolute atomic E-state index is 4.75. The molecule has 4 heteroatoms. The fraction of sp³-hybridized carbons (Fsp3) is 0.786. The molecule has 0 aromatic carbocycles. The highest BCUT2D eigenvalue weighted by Crippen LogP contribution is 2.28. The third-order valence-electron chi connectivity index (χ3n) is 3.34. The molecule has 0 atom stereocenters. The highest BCUT2D eigenvalue weighted by atomic mass is 32.1. The Balaban J connectivity index is 2.04. The molecule has 1 heterocycles. The van der Waals surface area contributed by atoms with Crippen LogP contribution in [0.2, 0.25) is 0 Å². The molecule has 0 saturated heterocycles. The van der Waals surface area contributed by atoms with Crippen molar-refractivity contribution in [1.29, 1.82) is 0 Å². The quantitative estimate of drug-likeness (QED) is 0.821. The van der Waals surface area contributed by atoms with Crippen molar-refractivity contribution in [3.8, 4) is 0 Å². The van der Waals surface area contributed by atoms with Crippen molar-refractivity contribution in [2.24, 2.45) is 0 Å². The summed E-state index contributed by atoms with van der Waals surface area (Å²) in [5, 5.41) is 4.77. The van der Waals surface area contributed by atoms with Gasteiger partial charge in [-0.2, -0.15) is 0 Å². The molecule has 1 aliphatic rings. The summed E-state index contributed by atoms with van der Waals surface area (Å²) in [5.41, 5.74) is 1.20. The number of nitrogens with one attached hydrogen (secondary N) is 1. The number of anilines is 1. The predicted octanol–water partition coefficient (Wildman–Crippen LogP) is 3.33. The highest BCUT2D eigenvalue weighted by Gasteiger charge is 2.22. The molecule has 1 N–H and O–H groups in total. The first-order chi connectivity index (χ1) is 8.61. The molecule has 0 spiro atoms. The van der Waals surface area contributed by atoms with Gasteiger partial charge in [0.15, 0.2) is 5.13 Å². The van der Waals surface area contributed by atoms with Crippen molar-refractivity contribution in [3.05, 3.63) is 10.6 Å². The van der Waals surface area contributed by atoms with Gasteiger partial charge in [0.2, 0.25) is 0 Å². The van der Waals surface area contributed by atoms with E-state index in [1.54, 1.807) is 0 Å². The van der Waals surface area contributed by atoms with E-state index in [-0.39, 0.29) is 0 Å². The summed E-state index contributed by atoms with van der Waals surface area (Å²) in [4.78, 5) is 8.57. The second-order valence-corrected chi connectivity index (χ2v) is 6.51. The van der Waals surface area contributed by atoms with Gasteiger partial charge in [-0.05, 0) is 40.0 Å². The molecule has 1 aliphatic carbocycles. The van der Waals surface area contributed by atoms with Crippen molar-refractivity contribution < 1.29 is 0 Å². The largest absolute Gasteiger partial charge is 0.346 e. The van der Waals surface area contributed by atoms with Crippen LogP contribution in [-0.4, -0.2) is 23.6 Å². The predicted molar refractivity (Wildman–Crippen MR) is 79.5 cm³/mol. The van der Waals surface area contributed by atoms with E-state index >= 15 is 0 Å².